The van der Waals surface area contributed by atoms with Crippen molar-refractivity contribution in [2.24, 2.45) is 0 Å². The van der Waals surface area contributed by atoms with Gasteiger partial charge in [-0.15, -0.1) is 0 Å². The quantitative estimate of drug-likeness (QED) is 0.171. The first kappa shape index (κ1) is 30.1. The summed E-state index contributed by atoms with van der Waals surface area (Å²) in [6.45, 7) is 3.71. The normalized spacial score (nSPS) is 16.5. The molecule has 0 aliphatic heterocycles. The fourth-order valence-corrected chi connectivity index (χ4v) is 3.63. The van der Waals surface area contributed by atoms with E-state index in [2.05, 4.69) is 6.92 Å². The van der Waals surface area contributed by atoms with Crippen molar-refractivity contribution in [3.05, 3.63) is 0 Å². The molecule has 0 bridgehead atoms. The van der Waals surface area contributed by atoms with Crippen LogP contribution in [0.25, 0.3) is 0 Å². The second kappa shape index (κ2) is 18.7. The lowest BCUT2D eigenvalue weighted by Gasteiger charge is -2.28. The Hall–Kier alpha value is -0.860. The van der Waals surface area contributed by atoms with Gasteiger partial charge in [-0.05, 0) is 6.42 Å². The third kappa shape index (κ3) is 13.3. The molecule has 0 rings (SSSR count). The van der Waals surface area contributed by atoms with Crippen molar-refractivity contribution in [2.45, 2.75) is 141 Å². The Bertz CT molecular complexity index is 469. The van der Waals surface area contributed by atoms with Crippen LogP contribution in [-0.4, -0.2) is 67.6 Å². The number of carbonyl (C=O) groups is 2. The fraction of sp³-hybridized carbons (Fsp3) is 0.917. The third-order valence-corrected chi connectivity index (χ3v) is 5.88. The van der Waals surface area contributed by atoms with Gasteiger partial charge in [-0.3, -0.25) is 9.59 Å². The van der Waals surface area contributed by atoms with Gasteiger partial charge in [-0.25, -0.2) is 0 Å². The summed E-state index contributed by atoms with van der Waals surface area (Å²) >= 11 is 0. The molecule has 184 valence electrons. The summed E-state index contributed by atoms with van der Waals surface area (Å²) in [5.41, 5.74) is 0. The average molecular weight is 447 g/mol. The topological polar surface area (TPSA) is 135 Å². The van der Waals surface area contributed by atoms with Crippen molar-refractivity contribution in [3.63, 3.8) is 0 Å². The molecule has 7 nitrogen and oxygen atoms in total. The molecule has 0 aromatic rings. The van der Waals surface area contributed by atoms with E-state index in [9.17, 15) is 35.1 Å². The molecule has 1 unspecified atom stereocenters. The van der Waals surface area contributed by atoms with Crippen molar-refractivity contribution in [2.75, 3.05) is 0 Å². The van der Waals surface area contributed by atoms with E-state index in [-0.39, 0.29) is 12.8 Å². The smallest absolute Gasteiger partial charge is 0.164 e. The SMILES string of the molecule is CCCCCCCCCCCCCCCC(=O)C(O)[C@@H](O)[C@@H](O)[C@H](O)[C@@H](O)C(=O)CC. The van der Waals surface area contributed by atoms with Gasteiger partial charge in [0.25, 0.3) is 0 Å². The molecule has 31 heavy (non-hydrogen) atoms. The van der Waals surface area contributed by atoms with Gasteiger partial charge < -0.3 is 25.5 Å². The first-order valence-corrected chi connectivity index (χ1v) is 12.2. The second-order valence-electron chi connectivity index (χ2n) is 8.64. The zero-order valence-corrected chi connectivity index (χ0v) is 19.5. The average Bonchev–Trinajstić information content (AvgIpc) is 2.78. The van der Waals surface area contributed by atoms with E-state index in [4.69, 9.17) is 0 Å². The summed E-state index contributed by atoms with van der Waals surface area (Å²) in [6.07, 6.45) is 5.52. The van der Waals surface area contributed by atoms with Crippen LogP contribution in [0.5, 0.6) is 0 Å². The molecular weight excluding hydrogens is 400 g/mol. The lowest BCUT2D eigenvalue weighted by Crippen LogP contribution is -2.52. The molecule has 0 amide bonds. The van der Waals surface area contributed by atoms with E-state index in [0.717, 1.165) is 19.3 Å². The molecule has 5 atom stereocenters. The largest absolute Gasteiger partial charge is 0.387 e. The number of aliphatic hydroxyl groups is 5. The summed E-state index contributed by atoms with van der Waals surface area (Å²) in [6, 6.07) is 0. The summed E-state index contributed by atoms with van der Waals surface area (Å²) in [7, 11) is 0. The lowest BCUT2D eigenvalue weighted by atomic mass is 9.93. The lowest BCUT2D eigenvalue weighted by molar-refractivity contribution is -0.158. The number of ketones is 2. The highest BCUT2D eigenvalue weighted by atomic mass is 16.4. The number of hydrogen-bond acceptors (Lipinski definition) is 7. The highest BCUT2D eigenvalue weighted by Crippen LogP contribution is 2.15. The Labute approximate surface area is 187 Å². The van der Waals surface area contributed by atoms with Crippen LogP contribution in [0.15, 0.2) is 0 Å². The molecule has 0 radical (unpaired) electrons. The summed E-state index contributed by atoms with van der Waals surface area (Å²) in [5, 5.41) is 49.2. The predicted molar refractivity (Wildman–Crippen MR) is 121 cm³/mol. The van der Waals surface area contributed by atoms with Crippen LogP contribution < -0.4 is 0 Å². The second-order valence-corrected chi connectivity index (χ2v) is 8.64. The molecule has 0 spiro atoms. The molecule has 7 heteroatoms. The van der Waals surface area contributed by atoms with Gasteiger partial charge in [-0.1, -0.05) is 90.9 Å². The maximum Gasteiger partial charge on any atom is 0.164 e. The minimum absolute atomic E-state index is 0.0540. The van der Waals surface area contributed by atoms with Crippen molar-refractivity contribution >= 4 is 11.6 Å². The van der Waals surface area contributed by atoms with E-state index in [1.54, 1.807) is 0 Å². The van der Waals surface area contributed by atoms with Crippen LogP contribution in [0.4, 0.5) is 0 Å². The fourth-order valence-electron chi connectivity index (χ4n) is 3.63. The third-order valence-electron chi connectivity index (χ3n) is 5.88. The van der Waals surface area contributed by atoms with Crippen LogP contribution in [0.3, 0.4) is 0 Å². The van der Waals surface area contributed by atoms with E-state index in [0.29, 0.717) is 6.42 Å². The van der Waals surface area contributed by atoms with Gasteiger partial charge in [0, 0.05) is 12.8 Å². The molecule has 0 aromatic heterocycles. The Morgan fingerprint density at radius 1 is 0.516 bits per heavy atom. The zero-order valence-electron chi connectivity index (χ0n) is 19.5. The van der Waals surface area contributed by atoms with Crippen LogP contribution in [0, 0.1) is 0 Å². The minimum atomic E-state index is -2.00. The maximum absolute atomic E-state index is 12.0. The highest BCUT2D eigenvalue weighted by molar-refractivity contribution is 5.84. The summed E-state index contributed by atoms with van der Waals surface area (Å²) in [5.74, 6) is -1.33. The monoisotopic (exact) mass is 446 g/mol. The molecule has 0 heterocycles. The van der Waals surface area contributed by atoms with Crippen molar-refractivity contribution in [1.29, 1.82) is 0 Å². The first-order valence-electron chi connectivity index (χ1n) is 12.2. The zero-order chi connectivity index (χ0) is 23.6. The number of Topliss-reactive ketones (excluding diaryl/α,β-unsaturated/α-hetero) is 2. The van der Waals surface area contributed by atoms with Gasteiger partial charge in [0.1, 0.15) is 30.5 Å². The Morgan fingerprint density at radius 2 is 0.871 bits per heavy atom. The predicted octanol–water partition coefficient (Wildman–Crippen LogP) is 2.82. The number of rotatable bonds is 21. The molecule has 0 fully saturated rings. The minimum Gasteiger partial charge on any atom is -0.387 e. The van der Waals surface area contributed by atoms with E-state index < -0.39 is 42.1 Å². The molecule has 0 aromatic carbocycles. The van der Waals surface area contributed by atoms with Crippen molar-refractivity contribution in [3.8, 4) is 0 Å². The van der Waals surface area contributed by atoms with Crippen LogP contribution >= 0.6 is 0 Å². The molecule has 0 aliphatic rings. The van der Waals surface area contributed by atoms with Crippen LogP contribution in [0.2, 0.25) is 0 Å². The van der Waals surface area contributed by atoms with Gasteiger partial charge >= 0.3 is 0 Å². The molecule has 0 saturated carbocycles. The van der Waals surface area contributed by atoms with E-state index >= 15 is 0 Å². The number of hydrogen-bond donors (Lipinski definition) is 5. The Kier molecular flexibility index (Phi) is 18.2. The molecule has 0 saturated heterocycles. The first-order chi connectivity index (χ1) is 14.8. The van der Waals surface area contributed by atoms with Crippen molar-refractivity contribution < 1.29 is 35.1 Å². The van der Waals surface area contributed by atoms with Crippen LogP contribution in [-0.2, 0) is 9.59 Å². The van der Waals surface area contributed by atoms with Gasteiger partial charge in [0.15, 0.2) is 11.6 Å². The van der Waals surface area contributed by atoms with Gasteiger partial charge in [-0.2, -0.15) is 0 Å². The number of carbonyl (C=O) groups excluding carboxylic acids is 2. The molecule has 0 aliphatic carbocycles. The standard InChI is InChI=1S/C24H46O7/c1-3-5-6-7-8-9-10-11-12-13-14-15-16-17-19(26)21(28)23(30)24(31)22(29)20(27)18(25)4-2/h20-24,27-31H,3-17H2,1-2H3/t20-,21?,22+,23+,24-/m0/s1. The van der Waals surface area contributed by atoms with E-state index in [1.165, 1.54) is 64.7 Å². The molecule has 5 N–H and O–H groups in total. The highest BCUT2D eigenvalue weighted by Gasteiger charge is 2.38. The molecular formula is C24H46O7. The Morgan fingerprint density at radius 3 is 1.26 bits per heavy atom. The van der Waals surface area contributed by atoms with E-state index in [1.807, 2.05) is 0 Å². The Balaban J connectivity index is 3.88. The number of unbranched alkanes of at least 4 members (excludes halogenated alkanes) is 12. The van der Waals surface area contributed by atoms with Gasteiger partial charge in [0.05, 0.1) is 0 Å². The number of aliphatic hydroxyl groups excluding tert-OH is 5. The maximum atomic E-state index is 12.0. The summed E-state index contributed by atoms with van der Waals surface area (Å²) in [4.78, 5) is 23.4. The van der Waals surface area contributed by atoms with Gasteiger partial charge in [0.2, 0.25) is 0 Å². The summed E-state index contributed by atoms with van der Waals surface area (Å²) < 4.78 is 0. The van der Waals surface area contributed by atoms with Crippen LogP contribution in [0.1, 0.15) is 110 Å². The van der Waals surface area contributed by atoms with Crippen molar-refractivity contribution in [1.82, 2.24) is 0 Å².